The quantitative estimate of drug-likeness (QED) is 0.420. The largest absolute Gasteiger partial charge is 0.491 e. The Morgan fingerprint density at radius 1 is 1.56 bits per heavy atom. The average Bonchev–Trinajstić information content (AvgIpc) is 2.28. The van der Waals surface area contributed by atoms with Crippen molar-refractivity contribution in [3.63, 3.8) is 0 Å². The van der Waals surface area contributed by atoms with Crippen molar-refractivity contribution in [2.45, 2.75) is 32.3 Å². The Kier molecular flexibility index (Phi) is 3.90. The zero-order chi connectivity index (χ0) is 11.5. The normalized spacial score (nSPS) is 27.9. The molecule has 0 N–H and O–H groups in total. The monoisotopic (exact) mass is 328 g/mol. The van der Waals surface area contributed by atoms with Gasteiger partial charge in [0, 0.05) is 18.8 Å². The number of allylic oxidation sites excluding steroid dienone is 5. The molecule has 2 unspecified atom stereocenters. The highest BCUT2D eigenvalue weighted by molar-refractivity contribution is 14.1. The lowest BCUT2D eigenvalue weighted by Crippen LogP contribution is -2.24. The molecule has 0 bridgehead atoms. The molecule has 0 saturated heterocycles. The Morgan fingerprint density at radius 2 is 2.38 bits per heavy atom. The lowest BCUT2D eigenvalue weighted by Gasteiger charge is -2.31. The third-order valence-electron chi connectivity index (χ3n) is 3.09. The van der Waals surface area contributed by atoms with Gasteiger partial charge in [-0.25, -0.2) is 0 Å². The van der Waals surface area contributed by atoms with Gasteiger partial charge >= 0.3 is 0 Å². The average molecular weight is 328 g/mol. The first kappa shape index (κ1) is 12.0. The lowest BCUT2D eigenvalue weighted by atomic mass is 9.82. The van der Waals surface area contributed by atoms with Crippen LogP contribution in [0.2, 0.25) is 0 Å². The van der Waals surface area contributed by atoms with Crippen LogP contribution in [0.3, 0.4) is 0 Å². The number of fused-ring (bicyclic) bond motifs is 1. The van der Waals surface area contributed by atoms with Crippen molar-refractivity contribution in [2.75, 3.05) is 0 Å². The molecular formula is C14H17IO. The van der Waals surface area contributed by atoms with E-state index in [4.69, 9.17) is 4.74 Å². The van der Waals surface area contributed by atoms with Crippen LogP contribution in [0.1, 0.15) is 26.2 Å². The highest BCUT2D eigenvalue weighted by Gasteiger charge is 2.27. The summed E-state index contributed by atoms with van der Waals surface area (Å²) in [4.78, 5) is 0. The molecule has 1 nitrogen and oxygen atoms in total. The fraction of sp³-hybridized carbons (Fsp3) is 0.429. The van der Waals surface area contributed by atoms with Crippen LogP contribution in [-0.4, -0.2) is 6.10 Å². The van der Waals surface area contributed by atoms with Gasteiger partial charge in [-0.15, -0.1) is 0 Å². The second-order valence-electron chi connectivity index (χ2n) is 4.25. The van der Waals surface area contributed by atoms with Gasteiger partial charge in [-0.05, 0) is 38.2 Å². The van der Waals surface area contributed by atoms with E-state index in [1.807, 2.05) is 0 Å². The standard InChI is InChI=1S/C14H17IO/c1-3-10(2)16-14-6-4-5-11-9-12(15)7-8-13(11)14/h4-5,7-8,11,14H,2-3,6,9H2,1H3. The molecule has 0 radical (unpaired) electrons. The van der Waals surface area contributed by atoms with Crippen molar-refractivity contribution in [3.8, 4) is 0 Å². The van der Waals surface area contributed by atoms with Gasteiger partial charge in [0.2, 0.25) is 0 Å². The molecule has 0 aliphatic heterocycles. The van der Waals surface area contributed by atoms with E-state index in [1.165, 1.54) is 9.15 Å². The van der Waals surface area contributed by atoms with Gasteiger partial charge in [-0.1, -0.05) is 37.8 Å². The maximum Gasteiger partial charge on any atom is 0.124 e. The van der Waals surface area contributed by atoms with Crippen LogP contribution in [0.25, 0.3) is 0 Å². The highest BCUT2D eigenvalue weighted by Crippen LogP contribution is 2.37. The Morgan fingerprint density at radius 3 is 3.12 bits per heavy atom. The van der Waals surface area contributed by atoms with Gasteiger partial charge in [-0.3, -0.25) is 0 Å². The van der Waals surface area contributed by atoms with E-state index in [0.717, 1.165) is 25.0 Å². The fourth-order valence-corrected chi connectivity index (χ4v) is 2.79. The molecule has 16 heavy (non-hydrogen) atoms. The molecule has 0 heterocycles. The predicted molar refractivity (Wildman–Crippen MR) is 76.4 cm³/mol. The van der Waals surface area contributed by atoms with Crippen molar-refractivity contribution >= 4 is 22.6 Å². The molecule has 2 rings (SSSR count). The van der Waals surface area contributed by atoms with E-state index in [2.05, 4.69) is 60.4 Å². The van der Waals surface area contributed by atoms with Crippen LogP contribution in [0.5, 0.6) is 0 Å². The van der Waals surface area contributed by atoms with Crippen LogP contribution >= 0.6 is 22.6 Å². The smallest absolute Gasteiger partial charge is 0.124 e. The highest BCUT2D eigenvalue weighted by atomic mass is 127. The van der Waals surface area contributed by atoms with E-state index in [9.17, 15) is 0 Å². The molecule has 2 aliphatic carbocycles. The van der Waals surface area contributed by atoms with E-state index >= 15 is 0 Å². The van der Waals surface area contributed by atoms with Crippen LogP contribution in [-0.2, 0) is 4.74 Å². The summed E-state index contributed by atoms with van der Waals surface area (Å²) >= 11 is 2.41. The van der Waals surface area contributed by atoms with Crippen molar-refractivity contribution in [1.29, 1.82) is 0 Å². The van der Waals surface area contributed by atoms with Crippen molar-refractivity contribution < 1.29 is 4.74 Å². The van der Waals surface area contributed by atoms with Gasteiger partial charge in [-0.2, -0.15) is 0 Å². The molecule has 0 aromatic heterocycles. The molecule has 2 aliphatic rings. The predicted octanol–water partition coefficient (Wildman–Crippen LogP) is 4.52. The molecule has 0 spiro atoms. The van der Waals surface area contributed by atoms with E-state index in [0.29, 0.717) is 5.92 Å². The Hall–Kier alpha value is -0.510. The van der Waals surface area contributed by atoms with Crippen LogP contribution in [0, 0.1) is 5.92 Å². The minimum absolute atomic E-state index is 0.211. The van der Waals surface area contributed by atoms with Gasteiger partial charge < -0.3 is 4.74 Å². The second kappa shape index (κ2) is 5.21. The van der Waals surface area contributed by atoms with Gasteiger partial charge in [0.1, 0.15) is 6.10 Å². The Balaban J connectivity index is 2.15. The molecule has 0 amide bonds. The number of hydrogen-bond acceptors (Lipinski definition) is 1. The Labute approximate surface area is 111 Å². The number of rotatable bonds is 3. The summed E-state index contributed by atoms with van der Waals surface area (Å²) in [5.41, 5.74) is 1.41. The number of halogens is 1. The fourth-order valence-electron chi connectivity index (χ4n) is 2.13. The van der Waals surface area contributed by atoms with Gasteiger partial charge in [0.25, 0.3) is 0 Å². The summed E-state index contributed by atoms with van der Waals surface area (Å²) in [6.07, 6.45) is 12.2. The first-order valence-corrected chi connectivity index (χ1v) is 6.85. The van der Waals surface area contributed by atoms with Crippen LogP contribution in [0.15, 0.2) is 45.8 Å². The summed E-state index contributed by atoms with van der Waals surface area (Å²) < 4.78 is 7.32. The zero-order valence-corrected chi connectivity index (χ0v) is 11.7. The second-order valence-corrected chi connectivity index (χ2v) is 5.64. The summed E-state index contributed by atoms with van der Waals surface area (Å²) in [6, 6.07) is 0. The molecule has 0 fully saturated rings. The summed E-state index contributed by atoms with van der Waals surface area (Å²) in [7, 11) is 0. The molecule has 2 atom stereocenters. The van der Waals surface area contributed by atoms with E-state index in [-0.39, 0.29) is 6.10 Å². The molecule has 0 aromatic rings. The SMILES string of the molecule is C=C(CC)OC1CC=CC2CC(I)=CC=C21. The molecule has 2 heteroatoms. The maximum atomic E-state index is 5.90. The first-order chi connectivity index (χ1) is 7.70. The minimum Gasteiger partial charge on any atom is -0.491 e. The number of ether oxygens (including phenoxy) is 1. The Bertz CT molecular complexity index is 376. The lowest BCUT2D eigenvalue weighted by molar-refractivity contribution is 0.132. The molecule has 86 valence electrons. The van der Waals surface area contributed by atoms with Crippen LogP contribution < -0.4 is 0 Å². The molecule has 0 saturated carbocycles. The van der Waals surface area contributed by atoms with E-state index in [1.54, 1.807) is 0 Å². The number of hydrogen-bond donors (Lipinski definition) is 0. The van der Waals surface area contributed by atoms with E-state index < -0.39 is 0 Å². The van der Waals surface area contributed by atoms with Crippen LogP contribution in [0.4, 0.5) is 0 Å². The summed E-state index contributed by atoms with van der Waals surface area (Å²) in [5, 5.41) is 0. The minimum atomic E-state index is 0.211. The first-order valence-electron chi connectivity index (χ1n) is 5.78. The third kappa shape index (κ3) is 2.59. The third-order valence-corrected chi connectivity index (χ3v) is 3.89. The van der Waals surface area contributed by atoms with Gasteiger partial charge in [0.15, 0.2) is 0 Å². The molecular weight excluding hydrogens is 311 g/mol. The van der Waals surface area contributed by atoms with Crippen molar-refractivity contribution in [2.24, 2.45) is 5.92 Å². The van der Waals surface area contributed by atoms with Gasteiger partial charge in [0.05, 0.1) is 5.76 Å². The zero-order valence-electron chi connectivity index (χ0n) is 9.58. The molecule has 0 aromatic carbocycles. The van der Waals surface area contributed by atoms with Crippen molar-refractivity contribution in [3.05, 3.63) is 45.8 Å². The summed E-state index contributed by atoms with van der Waals surface area (Å²) in [6.45, 7) is 6.01. The van der Waals surface area contributed by atoms with Crippen molar-refractivity contribution in [1.82, 2.24) is 0 Å². The topological polar surface area (TPSA) is 9.23 Å². The summed E-state index contributed by atoms with van der Waals surface area (Å²) in [5.74, 6) is 1.43. The maximum absolute atomic E-state index is 5.90.